The summed E-state index contributed by atoms with van der Waals surface area (Å²) < 4.78 is 0. The molecule has 0 aromatic rings. The first-order valence-electron chi connectivity index (χ1n) is 1.76. The molecular formula is C6H9. The third-order valence-electron chi connectivity index (χ3n) is 0.433. The average molecular weight is 81.1 g/mol. The van der Waals surface area contributed by atoms with E-state index in [1.165, 1.54) is 0 Å². The minimum Gasteiger partial charge on any atom is -0.289 e. The molecule has 1 radical (unpaired) electrons. The normalized spacial score (nSPS) is 19.0. The summed E-state index contributed by atoms with van der Waals surface area (Å²) in [5.74, 6) is 0. The van der Waals surface area contributed by atoms with Gasteiger partial charge in [0.05, 0.1) is 0 Å². The Kier molecular flexibility index (Phi) is 1.29. The van der Waals surface area contributed by atoms with Crippen molar-refractivity contribution >= 4 is 0 Å². The molecule has 6 heavy (non-hydrogen) atoms. The lowest BCUT2D eigenvalue weighted by atomic mass is 9.98. The van der Waals surface area contributed by atoms with Crippen LogP contribution in [0.5, 0.6) is 0 Å². The summed E-state index contributed by atoms with van der Waals surface area (Å²) in [5.41, 5.74) is -0.444. The fourth-order valence-electron chi connectivity index (χ4n) is 0. The van der Waals surface area contributed by atoms with Crippen LogP contribution in [0.2, 0.25) is 0 Å². The van der Waals surface area contributed by atoms with E-state index in [0.717, 1.165) is 0 Å². The van der Waals surface area contributed by atoms with E-state index in [9.17, 15) is 0 Å². The summed E-state index contributed by atoms with van der Waals surface area (Å²) in [6.45, 7) is 14.1. The third-order valence-corrected chi connectivity index (χ3v) is 0.433. The van der Waals surface area contributed by atoms with Gasteiger partial charge in [0, 0.05) is 12.3 Å². The van der Waals surface area contributed by atoms with Gasteiger partial charge in [-0.2, -0.15) is 0 Å². The highest BCUT2D eigenvalue weighted by atomic mass is 14.0. The number of hydrogen-bond acceptors (Lipinski definition) is 0. The molecule has 0 saturated heterocycles. The maximum Gasteiger partial charge on any atom is 0.0402 e. The molecule has 0 amide bonds. The van der Waals surface area contributed by atoms with Gasteiger partial charge in [-0.1, -0.05) is 6.08 Å². The lowest BCUT2D eigenvalue weighted by Gasteiger charge is -2.08. The highest BCUT2D eigenvalue weighted by molar-refractivity contribution is 5.01. The van der Waals surface area contributed by atoms with Gasteiger partial charge in [-0.25, -0.2) is 0 Å². The monoisotopic (exact) mass is 81.1 g/mol. The van der Waals surface area contributed by atoms with Crippen LogP contribution in [0.15, 0.2) is 12.7 Å². The molecule has 0 aromatic heterocycles. The van der Waals surface area contributed by atoms with Crippen molar-refractivity contribution in [3.63, 3.8) is 0 Å². The van der Waals surface area contributed by atoms with Gasteiger partial charge in [0.1, 0.15) is 0 Å². The highest BCUT2D eigenvalue weighted by Gasteiger charge is 2.00. The lowest BCUT2D eigenvalue weighted by Crippen LogP contribution is -1.98. The maximum absolute atomic E-state index is 3.55. The van der Waals surface area contributed by atoms with Crippen molar-refractivity contribution in [3.05, 3.63) is 33.4 Å². The molecular weight excluding hydrogens is 72.1 g/mol. The van der Waals surface area contributed by atoms with E-state index in [4.69, 9.17) is 0 Å². The van der Waals surface area contributed by atoms with E-state index in [1.54, 1.807) is 6.08 Å². The third kappa shape index (κ3) is 3.61. The first kappa shape index (κ1) is 5.61. The van der Waals surface area contributed by atoms with Crippen LogP contribution >= 0.6 is 0 Å². The summed E-state index contributed by atoms with van der Waals surface area (Å²) >= 11 is 0. The Morgan fingerprint density at radius 1 is 1.83 bits per heavy atom. The van der Waals surface area contributed by atoms with E-state index in [2.05, 4.69) is 27.4 Å². The zero-order chi connectivity index (χ0) is 5.21. The fraction of sp³-hybridized carbons (Fsp3) is 0.167. The van der Waals surface area contributed by atoms with Crippen LogP contribution in [0.4, 0.5) is 0 Å². The molecule has 0 heterocycles. The first-order chi connectivity index (χ1) is 2.56. The van der Waals surface area contributed by atoms with E-state index in [-0.39, 0.29) is 0 Å². The van der Waals surface area contributed by atoms with E-state index in [0.29, 0.717) is 0 Å². The maximum atomic E-state index is 3.55. The van der Waals surface area contributed by atoms with Crippen LogP contribution in [-0.4, -0.2) is 0 Å². The topological polar surface area (TPSA) is 0 Å². The van der Waals surface area contributed by atoms with Gasteiger partial charge in [-0.05, 0) is 6.92 Å². The van der Waals surface area contributed by atoms with Crippen molar-refractivity contribution in [2.75, 3.05) is 0 Å². The molecule has 0 rings (SSSR count). The molecule has 0 N–H and O–H groups in total. The van der Waals surface area contributed by atoms with Gasteiger partial charge in [-0.15, -0.1) is 6.58 Å². The van der Waals surface area contributed by atoms with Crippen LogP contribution in [0, 0.1) is 26.2 Å². The molecule has 0 aliphatic rings. The second-order valence-corrected chi connectivity index (χ2v) is 1.57. The Balaban J connectivity index is 3.45. The zero-order valence-corrected chi connectivity index (χ0v) is 3.91. The summed E-state index contributed by atoms with van der Waals surface area (Å²) in [6, 6.07) is 0. The zero-order valence-electron chi connectivity index (χ0n) is 3.91. The summed E-state index contributed by atoms with van der Waals surface area (Å²) in [6.07, 6.45) is 1.60. The van der Waals surface area contributed by atoms with Crippen molar-refractivity contribution in [2.45, 2.75) is 0 Å². The Morgan fingerprint density at radius 3 is 2.00 bits per heavy atom. The van der Waals surface area contributed by atoms with Crippen molar-refractivity contribution in [1.82, 2.24) is 0 Å². The predicted octanol–water partition coefficient (Wildman–Crippen LogP) is 1.66. The summed E-state index contributed by atoms with van der Waals surface area (Å²) in [7, 11) is 0. The molecule has 0 fully saturated rings. The minimum absolute atomic E-state index is 0.444. The number of rotatable bonds is 1. The number of allylic oxidation sites excluding steroid dienone is 1. The molecule has 0 nitrogen and oxygen atoms in total. The smallest absolute Gasteiger partial charge is 0.0402 e. The molecule has 0 heteroatoms. The summed E-state index contributed by atoms with van der Waals surface area (Å²) in [4.78, 5) is 0. The van der Waals surface area contributed by atoms with E-state index < -0.39 is 5.41 Å². The molecule has 0 saturated carbocycles. The largest absolute Gasteiger partial charge is 0.289 e. The molecule has 0 aromatic carbocycles. The standard InChI is InChI=1S/C6H9/c1-5-6(2,3)4/h5H,1-4H2. The minimum atomic E-state index is -0.444. The average Bonchev–Trinajstić information content (AvgIpc) is 1.35. The SMILES string of the molecule is [CH2]C([CH2+])([CH2-])C=C. The molecule has 0 atom stereocenters. The lowest BCUT2D eigenvalue weighted by molar-refractivity contribution is 0.807. The van der Waals surface area contributed by atoms with Crippen molar-refractivity contribution in [1.29, 1.82) is 0 Å². The molecule has 0 aliphatic carbocycles. The predicted molar refractivity (Wildman–Crippen MR) is 28.7 cm³/mol. The molecule has 33 valence electrons. The van der Waals surface area contributed by atoms with E-state index in [1.807, 2.05) is 0 Å². The molecule has 0 bridgehead atoms. The Bertz CT molecular complexity index is 45.5. The quantitative estimate of drug-likeness (QED) is 0.332. The Morgan fingerprint density at radius 2 is 2.00 bits per heavy atom. The van der Waals surface area contributed by atoms with Gasteiger partial charge < -0.3 is 0 Å². The highest BCUT2D eigenvalue weighted by Crippen LogP contribution is 2.09. The van der Waals surface area contributed by atoms with Crippen LogP contribution in [0.25, 0.3) is 0 Å². The van der Waals surface area contributed by atoms with E-state index >= 15 is 0 Å². The van der Waals surface area contributed by atoms with Crippen molar-refractivity contribution in [3.8, 4) is 0 Å². The van der Waals surface area contributed by atoms with Gasteiger partial charge in [0.2, 0.25) is 0 Å². The van der Waals surface area contributed by atoms with Crippen LogP contribution in [0.1, 0.15) is 0 Å². The van der Waals surface area contributed by atoms with Gasteiger partial charge in [0.25, 0.3) is 0 Å². The second kappa shape index (κ2) is 1.38. The Labute approximate surface area is 39.9 Å². The van der Waals surface area contributed by atoms with Gasteiger partial charge in [-0.3, -0.25) is 6.92 Å². The number of hydrogen-bond donors (Lipinski definition) is 0. The Hall–Kier alpha value is -0.390. The molecule has 0 spiro atoms. The van der Waals surface area contributed by atoms with Crippen LogP contribution in [-0.2, 0) is 0 Å². The van der Waals surface area contributed by atoms with Gasteiger partial charge in [0.15, 0.2) is 0 Å². The second-order valence-electron chi connectivity index (χ2n) is 1.57. The van der Waals surface area contributed by atoms with Crippen LogP contribution in [0.3, 0.4) is 0 Å². The fourth-order valence-corrected chi connectivity index (χ4v) is 0. The first-order valence-corrected chi connectivity index (χ1v) is 1.76. The van der Waals surface area contributed by atoms with Crippen molar-refractivity contribution in [2.24, 2.45) is 5.41 Å². The molecule has 0 aliphatic heterocycles. The van der Waals surface area contributed by atoms with Crippen molar-refractivity contribution < 1.29 is 0 Å². The molecule has 0 unspecified atom stereocenters. The van der Waals surface area contributed by atoms with Gasteiger partial charge >= 0.3 is 0 Å². The summed E-state index contributed by atoms with van der Waals surface area (Å²) in [5, 5.41) is 0. The van der Waals surface area contributed by atoms with Crippen LogP contribution < -0.4 is 0 Å².